The molecule has 2 aromatic heterocycles. The molecule has 1 aromatic carbocycles. The van der Waals surface area contributed by atoms with E-state index in [4.69, 9.17) is 4.98 Å². The van der Waals surface area contributed by atoms with Gasteiger partial charge in [-0.3, -0.25) is 9.69 Å². The van der Waals surface area contributed by atoms with Crippen LogP contribution in [0.2, 0.25) is 0 Å². The highest BCUT2D eigenvalue weighted by Crippen LogP contribution is 2.45. The van der Waals surface area contributed by atoms with Gasteiger partial charge < -0.3 is 15.5 Å². The number of aromatic nitrogens is 1. The first-order chi connectivity index (χ1) is 16.5. The summed E-state index contributed by atoms with van der Waals surface area (Å²) in [6.45, 7) is 15.6. The van der Waals surface area contributed by atoms with Gasteiger partial charge in [0.15, 0.2) is 0 Å². The quantitative estimate of drug-likeness (QED) is 0.362. The van der Waals surface area contributed by atoms with Gasteiger partial charge in [-0.25, -0.2) is 4.98 Å². The second-order valence-electron chi connectivity index (χ2n) is 9.08. The van der Waals surface area contributed by atoms with Gasteiger partial charge in [-0.2, -0.15) is 0 Å². The SMILES string of the molecule is CCN(CC)CCNCCC(=O)Nc1sc2c(c1-c1nc3ccccc3s1)CCN(C(C)C)C2. The standard InChI is InChI=1S/C26H37N5OS2/c1-5-30(6-2)16-14-27-13-11-23(32)29-26-24(25-28-20-9-7-8-10-21(20)33-25)19-12-15-31(18(3)4)17-22(19)34-26/h7-10,18,27H,5-6,11-17H2,1-4H3,(H,29,32). The Morgan fingerprint density at radius 3 is 2.71 bits per heavy atom. The van der Waals surface area contributed by atoms with Gasteiger partial charge in [-0.15, -0.1) is 22.7 Å². The molecular formula is C26H37N5OS2. The first-order valence-electron chi connectivity index (χ1n) is 12.5. The Bertz CT molecular complexity index is 1070. The van der Waals surface area contributed by atoms with Crippen LogP contribution in [0.15, 0.2) is 24.3 Å². The van der Waals surface area contributed by atoms with E-state index < -0.39 is 0 Å². The molecule has 3 aromatic rings. The number of para-hydroxylation sites is 1. The lowest BCUT2D eigenvalue weighted by Gasteiger charge is -2.30. The molecule has 0 radical (unpaired) electrons. The number of carbonyl (C=O) groups is 1. The molecule has 0 saturated heterocycles. The Balaban J connectivity index is 1.49. The van der Waals surface area contributed by atoms with Crippen molar-refractivity contribution < 1.29 is 4.79 Å². The molecule has 34 heavy (non-hydrogen) atoms. The molecule has 1 aliphatic heterocycles. The maximum Gasteiger partial charge on any atom is 0.226 e. The maximum absolute atomic E-state index is 12.9. The van der Waals surface area contributed by atoms with E-state index in [0.717, 1.165) is 66.8 Å². The van der Waals surface area contributed by atoms with E-state index in [1.807, 2.05) is 6.07 Å². The molecule has 0 atom stereocenters. The summed E-state index contributed by atoms with van der Waals surface area (Å²) in [7, 11) is 0. The normalized spacial score (nSPS) is 14.3. The second kappa shape index (κ2) is 11.7. The van der Waals surface area contributed by atoms with E-state index in [-0.39, 0.29) is 5.91 Å². The number of hydrogen-bond donors (Lipinski definition) is 2. The summed E-state index contributed by atoms with van der Waals surface area (Å²) in [5, 5.41) is 8.65. The van der Waals surface area contributed by atoms with Gasteiger partial charge in [0.25, 0.3) is 0 Å². The molecule has 3 heterocycles. The number of hydrogen-bond acceptors (Lipinski definition) is 7. The summed E-state index contributed by atoms with van der Waals surface area (Å²) in [5.74, 6) is 0.0667. The van der Waals surface area contributed by atoms with E-state index in [0.29, 0.717) is 19.0 Å². The number of likely N-dealkylation sites (N-methyl/N-ethyl adjacent to an activating group) is 1. The first kappa shape index (κ1) is 25.3. The number of nitrogens with zero attached hydrogens (tertiary/aromatic N) is 3. The summed E-state index contributed by atoms with van der Waals surface area (Å²) >= 11 is 3.46. The van der Waals surface area contributed by atoms with Crippen LogP contribution in [0, 0.1) is 0 Å². The number of nitrogens with one attached hydrogen (secondary N) is 2. The molecule has 0 aliphatic carbocycles. The van der Waals surface area contributed by atoms with Crippen molar-refractivity contribution in [1.82, 2.24) is 20.1 Å². The zero-order valence-corrected chi connectivity index (χ0v) is 22.5. The van der Waals surface area contributed by atoms with Gasteiger partial charge in [-0.05, 0) is 51.1 Å². The van der Waals surface area contributed by atoms with E-state index >= 15 is 0 Å². The fraction of sp³-hybridized carbons (Fsp3) is 0.538. The molecule has 2 N–H and O–H groups in total. The van der Waals surface area contributed by atoms with E-state index in [2.05, 4.69) is 66.3 Å². The molecule has 8 heteroatoms. The minimum absolute atomic E-state index is 0.0667. The van der Waals surface area contributed by atoms with E-state index in [1.54, 1.807) is 22.7 Å². The van der Waals surface area contributed by atoms with Crippen molar-refractivity contribution in [3.05, 3.63) is 34.7 Å². The van der Waals surface area contributed by atoms with Crippen LogP contribution < -0.4 is 10.6 Å². The van der Waals surface area contributed by atoms with Gasteiger partial charge in [-0.1, -0.05) is 26.0 Å². The predicted molar refractivity (Wildman–Crippen MR) is 146 cm³/mol. The van der Waals surface area contributed by atoms with Crippen molar-refractivity contribution in [2.24, 2.45) is 0 Å². The zero-order chi connectivity index (χ0) is 24.1. The molecule has 184 valence electrons. The van der Waals surface area contributed by atoms with Crippen LogP contribution >= 0.6 is 22.7 Å². The van der Waals surface area contributed by atoms with Crippen molar-refractivity contribution in [3.63, 3.8) is 0 Å². The third-order valence-corrected chi connectivity index (χ3v) is 8.79. The van der Waals surface area contributed by atoms with Crippen LogP contribution in [0.3, 0.4) is 0 Å². The fourth-order valence-electron chi connectivity index (χ4n) is 4.45. The highest BCUT2D eigenvalue weighted by Gasteiger charge is 2.28. The molecule has 6 nitrogen and oxygen atoms in total. The third kappa shape index (κ3) is 5.86. The van der Waals surface area contributed by atoms with Crippen molar-refractivity contribution in [3.8, 4) is 10.6 Å². The van der Waals surface area contributed by atoms with Crippen LogP contribution in [0.1, 0.15) is 44.6 Å². The van der Waals surface area contributed by atoms with Crippen LogP contribution in [0.4, 0.5) is 5.00 Å². The minimum Gasteiger partial charge on any atom is -0.317 e. The van der Waals surface area contributed by atoms with Crippen molar-refractivity contribution >= 4 is 43.8 Å². The lowest BCUT2D eigenvalue weighted by molar-refractivity contribution is -0.116. The Kier molecular flexibility index (Phi) is 8.71. The lowest BCUT2D eigenvalue weighted by atomic mass is 10.0. The predicted octanol–water partition coefficient (Wildman–Crippen LogP) is 5.05. The average molecular weight is 500 g/mol. The van der Waals surface area contributed by atoms with Gasteiger partial charge in [0.1, 0.15) is 10.0 Å². The largest absolute Gasteiger partial charge is 0.317 e. The summed E-state index contributed by atoms with van der Waals surface area (Å²) in [6.07, 6.45) is 1.47. The lowest BCUT2D eigenvalue weighted by Crippen LogP contribution is -2.35. The first-order valence-corrected chi connectivity index (χ1v) is 14.1. The number of carbonyl (C=O) groups excluding carboxylic acids is 1. The van der Waals surface area contributed by atoms with Gasteiger partial charge in [0.2, 0.25) is 5.91 Å². The van der Waals surface area contributed by atoms with Gasteiger partial charge in [0.05, 0.1) is 10.2 Å². The summed E-state index contributed by atoms with van der Waals surface area (Å²) < 4.78 is 1.19. The van der Waals surface area contributed by atoms with Crippen molar-refractivity contribution in [2.75, 3.05) is 44.6 Å². The Morgan fingerprint density at radius 2 is 1.97 bits per heavy atom. The van der Waals surface area contributed by atoms with E-state index in [9.17, 15) is 4.79 Å². The average Bonchev–Trinajstić information content (AvgIpc) is 3.41. The number of amides is 1. The summed E-state index contributed by atoms with van der Waals surface area (Å²) in [5.41, 5.74) is 3.54. The molecule has 4 rings (SSSR count). The molecule has 0 unspecified atom stereocenters. The Morgan fingerprint density at radius 1 is 1.18 bits per heavy atom. The van der Waals surface area contributed by atoms with Crippen LogP contribution in [-0.2, 0) is 17.8 Å². The molecule has 0 saturated carbocycles. The van der Waals surface area contributed by atoms with Gasteiger partial charge >= 0.3 is 0 Å². The zero-order valence-electron chi connectivity index (χ0n) is 20.8. The third-order valence-electron chi connectivity index (χ3n) is 6.61. The highest BCUT2D eigenvalue weighted by atomic mass is 32.1. The number of anilines is 1. The van der Waals surface area contributed by atoms with Crippen LogP contribution in [-0.4, -0.2) is 66.0 Å². The molecule has 0 spiro atoms. The Labute approximate surface area is 211 Å². The fourth-order valence-corrected chi connectivity index (χ4v) is 6.85. The second-order valence-corrected chi connectivity index (χ2v) is 11.2. The van der Waals surface area contributed by atoms with E-state index in [1.165, 1.54) is 15.1 Å². The molecule has 0 bridgehead atoms. The number of thiophene rings is 1. The topological polar surface area (TPSA) is 60.5 Å². The molecule has 0 fully saturated rings. The Hall–Kier alpha value is -1.84. The maximum atomic E-state index is 12.9. The van der Waals surface area contributed by atoms with Crippen LogP contribution in [0.25, 0.3) is 20.8 Å². The monoisotopic (exact) mass is 499 g/mol. The molecule has 1 aliphatic rings. The minimum atomic E-state index is 0.0667. The summed E-state index contributed by atoms with van der Waals surface area (Å²) in [6, 6.07) is 8.80. The smallest absolute Gasteiger partial charge is 0.226 e. The number of benzene rings is 1. The number of rotatable bonds is 11. The molecule has 1 amide bonds. The van der Waals surface area contributed by atoms with Gasteiger partial charge in [0, 0.05) is 55.6 Å². The van der Waals surface area contributed by atoms with Crippen molar-refractivity contribution in [1.29, 1.82) is 0 Å². The highest BCUT2D eigenvalue weighted by molar-refractivity contribution is 7.22. The van der Waals surface area contributed by atoms with Crippen LogP contribution in [0.5, 0.6) is 0 Å². The summed E-state index contributed by atoms with van der Waals surface area (Å²) in [4.78, 5) is 24.1. The molecular weight excluding hydrogens is 462 g/mol. The number of thiazole rings is 1. The van der Waals surface area contributed by atoms with Crippen molar-refractivity contribution in [2.45, 2.75) is 53.1 Å². The number of fused-ring (bicyclic) bond motifs is 2.